The van der Waals surface area contributed by atoms with Crippen molar-refractivity contribution >= 4 is 11.8 Å². The molecule has 0 amide bonds. The van der Waals surface area contributed by atoms with Crippen LogP contribution in [-0.2, 0) is 4.74 Å². The number of thioether (sulfide) groups is 1. The average molecular weight is 316 g/mol. The van der Waals surface area contributed by atoms with E-state index < -0.39 is 31.0 Å². The topological polar surface area (TPSA) is 9.23 Å². The van der Waals surface area contributed by atoms with E-state index in [0.29, 0.717) is 5.75 Å². The van der Waals surface area contributed by atoms with Crippen molar-refractivity contribution < 1.29 is 31.1 Å². The number of hydrogen-bond acceptors (Lipinski definition) is 2. The van der Waals surface area contributed by atoms with E-state index in [2.05, 4.69) is 4.74 Å². The second-order valence-electron chi connectivity index (χ2n) is 4.34. The molecule has 2 rings (SSSR count). The Bertz CT molecular complexity index is 456. The zero-order valence-electron chi connectivity index (χ0n) is 9.96. The summed E-state index contributed by atoms with van der Waals surface area (Å²) in [5.41, 5.74) is 0.737. The monoisotopic (exact) mass is 316 g/mol. The maximum atomic E-state index is 12.3. The Labute approximate surface area is 115 Å². The lowest BCUT2D eigenvalue weighted by molar-refractivity contribution is -0.322. The molecule has 1 unspecified atom stereocenters. The van der Waals surface area contributed by atoms with Crippen molar-refractivity contribution in [2.75, 3.05) is 12.4 Å². The highest BCUT2D eigenvalue weighted by Crippen LogP contribution is 2.41. The second kappa shape index (κ2) is 5.48. The maximum Gasteiger partial charge on any atom is 0.423 e. The van der Waals surface area contributed by atoms with Crippen molar-refractivity contribution in [3.05, 3.63) is 29.8 Å². The molecule has 1 atom stereocenters. The minimum atomic E-state index is -5.45. The standard InChI is InChI=1S/C12H10F6OS/c13-11(14,15)10(12(16,17)18)19-5-7-6-20-9-4-2-1-3-8(7)9/h1-4,7,10H,5-6H2. The van der Waals surface area contributed by atoms with Crippen LogP contribution < -0.4 is 0 Å². The Morgan fingerprint density at radius 3 is 2.30 bits per heavy atom. The van der Waals surface area contributed by atoms with Crippen LogP contribution in [0.5, 0.6) is 0 Å². The molecule has 112 valence electrons. The summed E-state index contributed by atoms with van der Waals surface area (Å²) in [4.78, 5) is 0.872. The second-order valence-corrected chi connectivity index (χ2v) is 5.40. The van der Waals surface area contributed by atoms with Crippen LogP contribution in [0.25, 0.3) is 0 Å². The van der Waals surface area contributed by atoms with Crippen LogP contribution in [0.3, 0.4) is 0 Å². The van der Waals surface area contributed by atoms with E-state index in [1.54, 1.807) is 24.3 Å². The third-order valence-corrected chi connectivity index (χ3v) is 4.11. The number of fused-ring (bicyclic) bond motifs is 1. The number of rotatable bonds is 3. The van der Waals surface area contributed by atoms with Gasteiger partial charge in [0.2, 0.25) is 6.10 Å². The van der Waals surface area contributed by atoms with Gasteiger partial charge in [-0.15, -0.1) is 11.8 Å². The van der Waals surface area contributed by atoms with Gasteiger partial charge in [-0.25, -0.2) is 0 Å². The molecule has 20 heavy (non-hydrogen) atoms. The third kappa shape index (κ3) is 3.41. The summed E-state index contributed by atoms with van der Waals surface area (Å²) >= 11 is 1.40. The third-order valence-electron chi connectivity index (χ3n) is 2.86. The molecule has 0 aromatic heterocycles. The zero-order valence-corrected chi connectivity index (χ0v) is 10.8. The molecule has 8 heteroatoms. The molecule has 0 saturated carbocycles. The first-order chi connectivity index (χ1) is 9.19. The van der Waals surface area contributed by atoms with Crippen LogP contribution >= 0.6 is 11.8 Å². The molecule has 1 heterocycles. The molecule has 0 aliphatic carbocycles. The molecule has 1 aliphatic rings. The fourth-order valence-corrected chi connectivity index (χ4v) is 3.19. The summed E-state index contributed by atoms with van der Waals surface area (Å²) in [6, 6.07) is 6.94. The molecule has 1 aliphatic heterocycles. The van der Waals surface area contributed by atoms with E-state index in [1.165, 1.54) is 11.8 Å². The SMILES string of the molecule is FC(F)(F)C(OCC1CSc2ccccc21)C(F)(F)F. The van der Waals surface area contributed by atoms with Crippen molar-refractivity contribution in [2.24, 2.45) is 0 Å². The minimum absolute atomic E-state index is 0.418. The summed E-state index contributed by atoms with van der Waals surface area (Å²) in [5.74, 6) is -0.0368. The van der Waals surface area contributed by atoms with Gasteiger partial charge in [-0.2, -0.15) is 26.3 Å². The first-order valence-corrected chi connectivity index (χ1v) is 6.65. The van der Waals surface area contributed by atoms with Crippen molar-refractivity contribution in [1.82, 2.24) is 0 Å². The van der Waals surface area contributed by atoms with Crippen molar-refractivity contribution in [2.45, 2.75) is 29.3 Å². The highest BCUT2D eigenvalue weighted by molar-refractivity contribution is 7.99. The quantitative estimate of drug-likeness (QED) is 0.765. The normalized spacial score (nSPS) is 19.4. The van der Waals surface area contributed by atoms with Gasteiger partial charge in [-0.1, -0.05) is 18.2 Å². The van der Waals surface area contributed by atoms with Gasteiger partial charge in [0.1, 0.15) is 0 Å². The molecular formula is C12H10F6OS. The average Bonchev–Trinajstić information content (AvgIpc) is 2.69. The Balaban J connectivity index is 2.05. The van der Waals surface area contributed by atoms with Gasteiger partial charge in [0.05, 0.1) is 6.61 Å². The fourth-order valence-electron chi connectivity index (χ4n) is 1.95. The number of ether oxygens (including phenoxy) is 1. The first kappa shape index (κ1) is 15.5. The number of benzene rings is 1. The van der Waals surface area contributed by atoms with E-state index in [1.807, 2.05) is 0 Å². The van der Waals surface area contributed by atoms with Gasteiger partial charge < -0.3 is 4.74 Å². The summed E-state index contributed by atoms with van der Waals surface area (Å²) in [6.45, 7) is -0.603. The molecule has 0 N–H and O–H groups in total. The molecule has 0 radical (unpaired) electrons. The van der Waals surface area contributed by atoms with Gasteiger partial charge in [0, 0.05) is 16.6 Å². The van der Waals surface area contributed by atoms with Crippen LogP contribution in [0.15, 0.2) is 29.2 Å². The van der Waals surface area contributed by atoms with E-state index in [4.69, 9.17) is 0 Å². The molecule has 0 fully saturated rings. The van der Waals surface area contributed by atoms with Crippen molar-refractivity contribution in [3.63, 3.8) is 0 Å². The highest BCUT2D eigenvalue weighted by atomic mass is 32.2. The van der Waals surface area contributed by atoms with Gasteiger partial charge in [-0.05, 0) is 11.6 Å². The van der Waals surface area contributed by atoms with Gasteiger partial charge in [0.15, 0.2) is 0 Å². The Hall–Kier alpha value is -0.890. The molecule has 0 spiro atoms. The smallest absolute Gasteiger partial charge is 0.360 e. The summed E-state index contributed by atoms with van der Waals surface area (Å²) < 4.78 is 78.2. The fraction of sp³-hybridized carbons (Fsp3) is 0.500. The molecule has 1 nitrogen and oxygen atoms in total. The molecule has 0 bridgehead atoms. The largest absolute Gasteiger partial charge is 0.423 e. The molecule has 0 saturated heterocycles. The lowest BCUT2D eigenvalue weighted by Crippen LogP contribution is -2.45. The van der Waals surface area contributed by atoms with Crippen LogP contribution in [0.4, 0.5) is 26.3 Å². The molecular weight excluding hydrogens is 306 g/mol. The highest BCUT2D eigenvalue weighted by Gasteiger charge is 2.58. The van der Waals surface area contributed by atoms with Crippen LogP contribution in [-0.4, -0.2) is 30.8 Å². The Morgan fingerprint density at radius 2 is 1.70 bits per heavy atom. The van der Waals surface area contributed by atoms with Gasteiger partial charge in [0.25, 0.3) is 0 Å². The zero-order chi connectivity index (χ0) is 15.0. The summed E-state index contributed by atoms with van der Waals surface area (Å²) in [6.07, 6.45) is -14.6. The lowest BCUT2D eigenvalue weighted by Gasteiger charge is -2.24. The van der Waals surface area contributed by atoms with Gasteiger partial charge >= 0.3 is 12.4 Å². The van der Waals surface area contributed by atoms with Crippen LogP contribution in [0, 0.1) is 0 Å². The van der Waals surface area contributed by atoms with Crippen LogP contribution in [0.2, 0.25) is 0 Å². The van der Waals surface area contributed by atoms with Crippen LogP contribution in [0.1, 0.15) is 11.5 Å². The minimum Gasteiger partial charge on any atom is -0.360 e. The Kier molecular flexibility index (Phi) is 4.24. The van der Waals surface area contributed by atoms with E-state index in [0.717, 1.165) is 10.5 Å². The van der Waals surface area contributed by atoms with Crippen molar-refractivity contribution in [3.8, 4) is 0 Å². The Morgan fingerprint density at radius 1 is 1.10 bits per heavy atom. The summed E-state index contributed by atoms with van der Waals surface area (Å²) in [7, 11) is 0. The van der Waals surface area contributed by atoms with E-state index in [-0.39, 0.29) is 0 Å². The van der Waals surface area contributed by atoms with Gasteiger partial charge in [-0.3, -0.25) is 0 Å². The summed E-state index contributed by atoms with van der Waals surface area (Å²) in [5, 5.41) is 0. The van der Waals surface area contributed by atoms with E-state index in [9.17, 15) is 26.3 Å². The maximum absolute atomic E-state index is 12.3. The molecule has 1 aromatic carbocycles. The predicted octanol–water partition coefficient (Wildman–Crippen LogP) is 4.39. The number of alkyl halides is 6. The van der Waals surface area contributed by atoms with Crippen molar-refractivity contribution in [1.29, 1.82) is 0 Å². The number of halogens is 6. The molecule has 1 aromatic rings. The first-order valence-electron chi connectivity index (χ1n) is 5.66. The predicted molar refractivity (Wildman–Crippen MR) is 61.8 cm³/mol. The lowest BCUT2D eigenvalue weighted by atomic mass is 10.0. The van der Waals surface area contributed by atoms with E-state index >= 15 is 0 Å². The number of hydrogen-bond donors (Lipinski definition) is 0.